The summed E-state index contributed by atoms with van der Waals surface area (Å²) in [4.78, 5) is 11.3. The van der Waals surface area contributed by atoms with Gasteiger partial charge in [0.15, 0.2) is 6.61 Å². The molecule has 1 unspecified atom stereocenters. The fourth-order valence-corrected chi connectivity index (χ4v) is 2.61. The lowest BCUT2D eigenvalue weighted by Crippen LogP contribution is -2.25. The second-order valence-corrected chi connectivity index (χ2v) is 5.27. The second-order valence-electron chi connectivity index (χ2n) is 5.27. The minimum atomic E-state index is -0.0963. The Labute approximate surface area is 118 Å². The van der Waals surface area contributed by atoms with E-state index in [9.17, 15) is 4.79 Å². The summed E-state index contributed by atoms with van der Waals surface area (Å²) in [5.41, 5.74) is 1.90. The molecular formula is C15H20N2O3. The average Bonchev–Trinajstić information content (AvgIpc) is 2.96. The third-order valence-corrected chi connectivity index (χ3v) is 3.67. The minimum absolute atomic E-state index is 0.0963. The largest absolute Gasteiger partial charge is 0.482 e. The number of amides is 1. The molecule has 1 aromatic rings. The SMILES string of the molecule is O=C1COc2ccc(CNCCC3CCCO3)cc2N1. The van der Waals surface area contributed by atoms with Crippen LogP contribution in [0.3, 0.4) is 0 Å². The molecule has 0 aliphatic carbocycles. The first-order valence-electron chi connectivity index (χ1n) is 7.19. The minimum Gasteiger partial charge on any atom is -0.482 e. The molecule has 0 saturated carbocycles. The van der Waals surface area contributed by atoms with Gasteiger partial charge < -0.3 is 20.1 Å². The summed E-state index contributed by atoms with van der Waals surface area (Å²) in [6.45, 7) is 2.75. The molecule has 0 radical (unpaired) electrons. The number of fused-ring (bicyclic) bond motifs is 1. The Morgan fingerprint density at radius 3 is 3.20 bits per heavy atom. The number of anilines is 1. The molecule has 5 nitrogen and oxygen atoms in total. The lowest BCUT2D eigenvalue weighted by Gasteiger charge is -2.18. The zero-order valence-corrected chi connectivity index (χ0v) is 11.5. The van der Waals surface area contributed by atoms with Crippen molar-refractivity contribution in [2.45, 2.75) is 31.9 Å². The molecule has 1 fully saturated rings. The van der Waals surface area contributed by atoms with Crippen LogP contribution < -0.4 is 15.4 Å². The molecule has 2 heterocycles. The number of hydrogen-bond donors (Lipinski definition) is 2. The highest BCUT2D eigenvalue weighted by Crippen LogP contribution is 2.28. The molecule has 3 rings (SSSR count). The zero-order valence-electron chi connectivity index (χ0n) is 11.5. The summed E-state index contributed by atoms with van der Waals surface area (Å²) in [7, 11) is 0. The van der Waals surface area contributed by atoms with E-state index in [1.807, 2.05) is 18.2 Å². The maximum absolute atomic E-state index is 11.3. The van der Waals surface area contributed by atoms with Gasteiger partial charge in [-0.1, -0.05) is 6.07 Å². The fraction of sp³-hybridized carbons (Fsp3) is 0.533. The van der Waals surface area contributed by atoms with Crippen LogP contribution >= 0.6 is 0 Å². The summed E-state index contributed by atoms with van der Waals surface area (Å²) in [6.07, 6.45) is 3.86. The molecule has 108 valence electrons. The Bertz CT molecular complexity index is 484. The van der Waals surface area contributed by atoms with Crippen molar-refractivity contribution in [3.63, 3.8) is 0 Å². The quantitative estimate of drug-likeness (QED) is 0.803. The van der Waals surface area contributed by atoms with Crippen LogP contribution in [0.2, 0.25) is 0 Å². The molecule has 5 heteroatoms. The average molecular weight is 276 g/mol. The van der Waals surface area contributed by atoms with Crippen molar-refractivity contribution in [1.29, 1.82) is 0 Å². The summed E-state index contributed by atoms with van der Waals surface area (Å²) in [6, 6.07) is 5.90. The lowest BCUT2D eigenvalue weighted by molar-refractivity contribution is -0.118. The molecular weight excluding hydrogens is 256 g/mol. The van der Waals surface area contributed by atoms with Gasteiger partial charge in [0.1, 0.15) is 5.75 Å². The second kappa shape index (κ2) is 6.24. The van der Waals surface area contributed by atoms with Crippen molar-refractivity contribution in [3.8, 4) is 5.75 Å². The highest BCUT2D eigenvalue weighted by atomic mass is 16.5. The smallest absolute Gasteiger partial charge is 0.262 e. The van der Waals surface area contributed by atoms with E-state index in [0.717, 1.165) is 43.1 Å². The van der Waals surface area contributed by atoms with Gasteiger partial charge in [-0.3, -0.25) is 4.79 Å². The third kappa shape index (κ3) is 3.29. The molecule has 0 aromatic heterocycles. The number of rotatable bonds is 5. The predicted octanol–water partition coefficient (Wildman–Crippen LogP) is 1.68. The van der Waals surface area contributed by atoms with Gasteiger partial charge in [0.25, 0.3) is 5.91 Å². The van der Waals surface area contributed by atoms with E-state index in [4.69, 9.17) is 9.47 Å². The lowest BCUT2D eigenvalue weighted by atomic mass is 10.1. The van der Waals surface area contributed by atoms with Crippen LogP contribution in [-0.4, -0.2) is 31.8 Å². The van der Waals surface area contributed by atoms with Gasteiger partial charge in [0, 0.05) is 13.2 Å². The monoisotopic (exact) mass is 276 g/mol. The van der Waals surface area contributed by atoms with E-state index in [0.29, 0.717) is 6.10 Å². The zero-order chi connectivity index (χ0) is 13.8. The number of benzene rings is 1. The molecule has 2 aliphatic heterocycles. The molecule has 1 saturated heterocycles. The van der Waals surface area contributed by atoms with E-state index in [1.54, 1.807) is 0 Å². The number of nitrogens with one attached hydrogen (secondary N) is 2. The topological polar surface area (TPSA) is 59.6 Å². The van der Waals surface area contributed by atoms with Crippen LogP contribution in [0.5, 0.6) is 5.75 Å². The Kier molecular flexibility index (Phi) is 4.18. The molecule has 1 amide bonds. The Hall–Kier alpha value is -1.59. The number of ether oxygens (including phenoxy) is 2. The number of carbonyl (C=O) groups is 1. The standard InChI is InChI=1S/C15H20N2O3/c18-15-10-20-14-4-3-11(8-13(14)17-15)9-16-6-5-12-2-1-7-19-12/h3-4,8,12,16H,1-2,5-7,9-10H2,(H,17,18). The van der Waals surface area contributed by atoms with E-state index >= 15 is 0 Å². The van der Waals surface area contributed by atoms with E-state index in [2.05, 4.69) is 10.6 Å². The summed E-state index contributed by atoms with van der Waals surface area (Å²) < 4.78 is 10.9. The highest BCUT2D eigenvalue weighted by molar-refractivity contribution is 5.95. The normalized spacial score (nSPS) is 21.2. The molecule has 2 N–H and O–H groups in total. The Balaban J connectivity index is 1.47. The van der Waals surface area contributed by atoms with Crippen LogP contribution in [0.25, 0.3) is 0 Å². The fourth-order valence-electron chi connectivity index (χ4n) is 2.61. The van der Waals surface area contributed by atoms with Gasteiger partial charge >= 0.3 is 0 Å². The van der Waals surface area contributed by atoms with Crippen molar-refractivity contribution in [2.75, 3.05) is 25.1 Å². The van der Waals surface area contributed by atoms with Gasteiger partial charge in [-0.05, 0) is 43.5 Å². The number of carbonyl (C=O) groups excluding carboxylic acids is 1. The van der Waals surface area contributed by atoms with Gasteiger partial charge in [-0.25, -0.2) is 0 Å². The van der Waals surface area contributed by atoms with Gasteiger partial charge in [0.05, 0.1) is 11.8 Å². The highest BCUT2D eigenvalue weighted by Gasteiger charge is 2.16. The molecule has 1 atom stereocenters. The number of hydrogen-bond acceptors (Lipinski definition) is 4. The maximum atomic E-state index is 11.3. The summed E-state index contributed by atoms with van der Waals surface area (Å²) >= 11 is 0. The van der Waals surface area contributed by atoms with Crippen molar-refractivity contribution < 1.29 is 14.3 Å². The molecule has 0 bridgehead atoms. The third-order valence-electron chi connectivity index (χ3n) is 3.67. The van der Waals surface area contributed by atoms with Crippen molar-refractivity contribution in [1.82, 2.24) is 5.32 Å². The van der Waals surface area contributed by atoms with Crippen LogP contribution in [-0.2, 0) is 16.1 Å². The van der Waals surface area contributed by atoms with Crippen LogP contribution in [0.1, 0.15) is 24.8 Å². The summed E-state index contributed by atoms with van der Waals surface area (Å²) in [5.74, 6) is 0.647. The first kappa shape index (κ1) is 13.4. The first-order chi connectivity index (χ1) is 9.81. The van der Waals surface area contributed by atoms with Crippen molar-refractivity contribution in [3.05, 3.63) is 23.8 Å². The Morgan fingerprint density at radius 1 is 1.40 bits per heavy atom. The molecule has 2 aliphatic rings. The van der Waals surface area contributed by atoms with E-state index < -0.39 is 0 Å². The van der Waals surface area contributed by atoms with Crippen molar-refractivity contribution >= 4 is 11.6 Å². The van der Waals surface area contributed by atoms with Gasteiger partial charge in [-0.2, -0.15) is 0 Å². The maximum Gasteiger partial charge on any atom is 0.262 e. The van der Waals surface area contributed by atoms with Crippen molar-refractivity contribution in [2.24, 2.45) is 0 Å². The summed E-state index contributed by atoms with van der Waals surface area (Å²) in [5, 5.41) is 6.24. The molecule has 20 heavy (non-hydrogen) atoms. The van der Waals surface area contributed by atoms with Gasteiger partial charge in [-0.15, -0.1) is 0 Å². The van der Waals surface area contributed by atoms with Crippen LogP contribution in [0, 0.1) is 0 Å². The first-order valence-corrected chi connectivity index (χ1v) is 7.19. The van der Waals surface area contributed by atoms with E-state index in [1.165, 1.54) is 12.8 Å². The predicted molar refractivity (Wildman–Crippen MR) is 75.9 cm³/mol. The van der Waals surface area contributed by atoms with Crippen LogP contribution in [0.4, 0.5) is 5.69 Å². The van der Waals surface area contributed by atoms with Crippen LogP contribution in [0.15, 0.2) is 18.2 Å². The molecule has 1 aromatic carbocycles. The van der Waals surface area contributed by atoms with E-state index in [-0.39, 0.29) is 12.5 Å². The Morgan fingerprint density at radius 2 is 2.35 bits per heavy atom. The molecule has 0 spiro atoms. The van der Waals surface area contributed by atoms with Gasteiger partial charge in [0.2, 0.25) is 0 Å².